The Hall–Kier alpha value is -3.04. The summed E-state index contributed by atoms with van der Waals surface area (Å²) in [4.78, 5) is 2.39. The van der Waals surface area contributed by atoms with Crippen LogP contribution in [0.2, 0.25) is 0 Å². The first-order valence-electron chi connectivity index (χ1n) is 10.7. The van der Waals surface area contributed by atoms with Gasteiger partial charge in [0.15, 0.2) is 0 Å². The number of hydrogen-bond donors (Lipinski definition) is 0. The van der Waals surface area contributed by atoms with Crippen molar-refractivity contribution < 1.29 is 13.2 Å². The van der Waals surface area contributed by atoms with E-state index in [-0.39, 0.29) is 0 Å². The van der Waals surface area contributed by atoms with E-state index in [2.05, 4.69) is 42.4 Å². The van der Waals surface area contributed by atoms with E-state index < -0.39 is 11.7 Å². The molecular weight excluding hydrogens is 411 g/mol. The summed E-state index contributed by atoms with van der Waals surface area (Å²) in [7, 11) is 0. The number of nitrogens with zero attached hydrogens (tertiary/aromatic N) is 3. The number of alkyl halides is 3. The molecule has 3 aromatic rings. The number of benzene rings is 2. The average molecular weight is 440 g/mol. The van der Waals surface area contributed by atoms with E-state index in [0.29, 0.717) is 30.6 Å². The van der Waals surface area contributed by atoms with Gasteiger partial charge in [0.2, 0.25) is 0 Å². The fourth-order valence-electron chi connectivity index (χ4n) is 3.64. The maximum absolute atomic E-state index is 12.8. The standard InChI is InChI=1S/C26H28F3N3/c1-19(2)20(3)32(17-22-8-6-21(15-30)7-9-22)18-25-5-4-14-31(25)16-23-10-12-24(13-11-23)26(27,28)29/h4-14,19-20H,16-18H2,1-3H3/t20-/m1/s1. The summed E-state index contributed by atoms with van der Waals surface area (Å²) in [6.07, 6.45) is -2.36. The molecule has 1 aromatic heterocycles. The Morgan fingerprint density at radius 1 is 0.906 bits per heavy atom. The zero-order chi connectivity index (χ0) is 23.3. The van der Waals surface area contributed by atoms with Gasteiger partial charge in [-0.3, -0.25) is 4.90 Å². The Kier molecular flexibility index (Phi) is 7.42. The van der Waals surface area contributed by atoms with Crippen LogP contribution in [0.3, 0.4) is 0 Å². The van der Waals surface area contributed by atoms with Crippen LogP contribution in [0.25, 0.3) is 0 Å². The number of rotatable bonds is 8. The molecule has 0 aliphatic rings. The molecule has 3 nitrogen and oxygen atoms in total. The Morgan fingerprint density at radius 3 is 2.09 bits per heavy atom. The van der Waals surface area contributed by atoms with E-state index >= 15 is 0 Å². The van der Waals surface area contributed by atoms with Crippen molar-refractivity contribution in [2.75, 3.05) is 0 Å². The van der Waals surface area contributed by atoms with Gasteiger partial charge in [-0.05, 0) is 60.4 Å². The molecule has 0 amide bonds. The van der Waals surface area contributed by atoms with E-state index in [1.54, 1.807) is 0 Å². The van der Waals surface area contributed by atoms with Crippen molar-refractivity contribution in [1.82, 2.24) is 9.47 Å². The van der Waals surface area contributed by atoms with Gasteiger partial charge in [-0.15, -0.1) is 0 Å². The molecule has 0 unspecified atom stereocenters. The van der Waals surface area contributed by atoms with Crippen molar-refractivity contribution in [1.29, 1.82) is 5.26 Å². The largest absolute Gasteiger partial charge is 0.416 e. The molecule has 0 N–H and O–H groups in total. The van der Waals surface area contributed by atoms with Crippen LogP contribution in [0.4, 0.5) is 13.2 Å². The molecule has 0 aliphatic carbocycles. The minimum atomic E-state index is -4.32. The van der Waals surface area contributed by atoms with Crippen LogP contribution < -0.4 is 0 Å². The maximum atomic E-state index is 12.8. The quantitative estimate of drug-likeness (QED) is 0.403. The molecule has 0 spiro atoms. The second-order valence-electron chi connectivity index (χ2n) is 8.52. The lowest BCUT2D eigenvalue weighted by Gasteiger charge is -2.32. The van der Waals surface area contributed by atoms with Gasteiger partial charge in [0.1, 0.15) is 0 Å². The lowest BCUT2D eigenvalue weighted by atomic mass is 10.0. The molecule has 1 heterocycles. The third kappa shape index (κ3) is 6.02. The molecule has 0 aliphatic heterocycles. The molecular formula is C26H28F3N3. The predicted octanol–water partition coefficient (Wildman–Crippen LogP) is 6.47. The van der Waals surface area contributed by atoms with E-state index in [1.807, 2.05) is 36.5 Å². The average Bonchev–Trinajstić information content (AvgIpc) is 3.19. The number of hydrogen-bond acceptors (Lipinski definition) is 2. The molecule has 32 heavy (non-hydrogen) atoms. The Bertz CT molecular complexity index is 1040. The summed E-state index contributed by atoms with van der Waals surface area (Å²) in [6, 6.07) is 19.5. The van der Waals surface area contributed by atoms with Gasteiger partial charge < -0.3 is 4.57 Å². The minimum Gasteiger partial charge on any atom is -0.346 e. The lowest BCUT2D eigenvalue weighted by Crippen LogP contribution is -2.36. The zero-order valence-corrected chi connectivity index (χ0v) is 18.6. The van der Waals surface area contributed by atoms with Gasteiger partial charge in [0, 0.05) is 37.6 Å². The van der Waals surface area contributed by atoms with E-state index in [4.69, 9.17) is 5.26 Å². The first-order valence-corrected chi connectivity index (χ1v) is 10.7. The van der Waals surface area contributed by atoms with Crippen LogP contribution in [-0.4, -0.2) is 15.5 Å². The van der Waals surface area contributed by atoms with Crippen LogP contribution in [0.5, 0.6) is 0 Å². The van der Waals surface area contributed by atoms with E-state index in [1.165, 1.54) is 12.1 Å². The summed E-state index contributed by atoms with van der Waals surface area (Å²) >= 11 is 0. The molecule has 2 aromatic carbocycles. The molecule has 0 saturated carbocycles. The van der Waals surface area contributed by atoms with Crippen molar-refractivity contribution in [2.45, 2.75) is 52.6 Å². The Labute approximate surface area is 187 Å². The van der Waals surface area contributed by atoms with Crippen molar-refractivity contribution in [3.8, 4) is 6.07 Å². The molecule has 3 rings (SSSR count). The predicted molar refractivity (Wildman–Crippen MR) is 120 cm³/mol. The highest BCUT2D eigenvalue weighted by atomic mass is 19.4. The zero-order valence-electron chi connectivity index (χ0n) is 18.6. The highest BCUT2D eigenvalue weighted by molar-refractivity contribution is 5.31. The fraction of sp³-hybridized carbons (Fsp3) is 0.346. The van der Waals surface area contributed by atoms with Crippen LogP contribution in [0, 0.1) is 17.2 Å². The molecule has 1 atom stereocenters. The SMILES string of the molecule is CC(C)[C@@H](C)N(Cc1ccc(C#N)cc1)Cc1cccn1Cc1ccc(C(F)(F)F)cc1. The molecule has 0 bridgehead atoms. The third-order valence-electron chi connectivity index (χ3n) is 5.93. The van der Waals surface area contributed by atoms with Crippen LogP contribution >= 0.6 is 0 Å². The summed E-state index contributed by atoms with van der Waals surface area (Å²) in [5.74, 6) is 0.451. The van der Waals surface area contributed by atoms with Crippen LogP contribution in [-0.2, 0) is 25.8 Å². The third-order valence-corrected chi connectivity index (χ3v) is 5.93. The number of nitriles is 1. The van der Waals surface area contributed by atoms with E-state index in [0.717, 1.165) is 35.5 Å². The number of halogens is 3. The van der Waals surface area contributed by atoms with Gasteiger partial charge in [-0.25, -0.2) is 0 Å². The van der Waals surface area contributed by atoms with Crippen molar-refractivity contribution in [3.05, 3.63) is 94.8 Å². The Balaban J connectivity index is 1.77. The highest BCUT2D eigenvalue weighted by Gasteiger charge is 2.30. The van der Waals surface area contributed by atoms with Gasteiger partial charge in [0.25, 0.3) is 0 Å². The topological polar surface area (TPSA) is 32.0 Å². The molecule has 0 radical (unpaired) electrons. The monoisotopic (exact) mass is 439 g/mol. The molecule has 168 valence electrons. The minimum absolute atomic E-state index is 0.320. The lowest BCUT2D eigenvalue weighted by molar-refractivity contribution is -0.137. The van der Waals surface area contributed by atoms with Gasteiger partial charge in [0.05, 0.1) is 17.2 Å². The first kappa shape index (κ1) is 23.6. The second-order valence-corrected chi connectivity index (χ2v) is 8.52. The normalized spacial score (nSPS) is 12.8. The van der Waals surface area contributed by atoms with Gasteiger partial charge in [-0.1, -0.05) is 38.1 Å². The van der Waals surface area contributed by atoms with Crippen LogP contribution in [0.1, 0.15) is 48.7 Å². The smallest absolute Gasteiger partial charge is 0.346 e. The summed E-state index contributed by atoms with van der Waals surface area (Å²) in [5, 5.41) is 9.03. The summed E-state index contributed by atoms with van der Waals surface area (Å²) < 4.78 is 40.6. The van der Waals surface area contributed by atoms with Gasteiger partial charge in [-0.2, -0.15) is 18.4 Å². The summed E-state index contributed by atoms with van der Waals surface area (Å²) in [5.41, 5.74) is 3.07. The first-order chi connectivity index (χ1) is 15.2. The molecule has 6 heteroatoms. The van der Waals surface area contributed by atoms with Crippen molar-refractivity contribution in [3.63, 3.8) is 0 Å². The van der Waals surface area contributed by atoms with Crippen molar-refractivity contribution in [2.24, 2.45) is 5.92 Å². The molecule has 0 saturated heterocycles. The molecule has 0 fully saturated rings. The summed E-state index contributed by atoms with van der Waals surface area (Å²) in [6.45, 7) is 8.57. The maximum Gasteiger partial charge on any atom is 0.416 e. The van der Waals surface area contributed by atoms with Crippen molar-refractivity contribution >= 4 is 0 Å². The number of aromatic nitrogens is 1. The van der Waals surface area contributed by atoms with Crippen LogP contribution in [0.15, 0.2) is 66.9 Å². The Morgan fingerprint density at radius 2 is 1.53 bits per heavy atom. The van der Waals surface area contributed by atoms with Gasteiger partial charge >= 0.3 is 6.18 Å². The fourth-order valence-corrected chi connectivity index (χ4v) is 3.64. The second kappa shape index (κ2) is 10.1. The van der Waals surface area contributed by atoms with E-state index in [9.17, 15) is 13.2 Å². The highest BCUT2D eigenvalue weighted by Crippen LogP contribution is 2.29.